The van der Waals surface area contributed by atoms with Gasteiger partial charge in [0.2, 0.25) is 5.91 Å². The average molecular weight is 268 g/mol. The van der Waals surface area contributed by atoms with Crippen LogP contribution >= 0.6 is 0 Å². The Bertz CT molecular complexity index is 809. The van der Waals surface area contributed by atoms with E-state index in [1.807, 2.05) is 18.3 Å². The number of hydrogen-bond donors (Lipinski definition) is 3. The summed E-state index contributed by atoms with van der Waals surface area (Å²) in [6.07, 6.45) is 3.94. The van der Waals surface area contributed by atoms with Gasteiger partial charge < -0.3 is 15.3 Å². The number of nitrogens with one attached hydrogen (secondary N) is 3. The van der Waals surface area contributed by atoms with E-state index in [-0.39, 0.29) is 18.7 Å². The predicted octanol–water partition coefficient (Wildman–Crippen LogP) is 1.36. The maximum Gasteiger partial charge on any atom is 0.221 e. The van der Waals surface area contributed by atoms with Crippen LogP contribution in [0.4, 0.5) is 0 Å². The average Bonchev–Trinajstić information content (AvgIpc) is 3.07. The third kappa shape index (κ3) is 2.19. The van der Waals surface area contributed by atoms with E-state index in [0.717, 1.165) is 22.1 Å². The quantitative estimate of drug-likeness (QED) is 0.663. The molecule has 0 spiro atoms. The minimum atomic E-state index is -0.156. The first-order chi connectivity index (χ1) is 9.78. The molecule has 0 saturated heterocycles. The van der Waals surface area contributed by atoms with Gasteiger partial charge in [0.15, 0.2) is 0 Å². The zero-order valence-corrected chi connectivity index (χ0v) is 10.6. The molecule has 3 rings (SSSR count). The second-order valence-electron chi connectivity index (χ2n) is 4.38. The van der Waals surface area contributed by atoms with Crippen molar-refractivity contribution in [2.45, 2.75) is 19.4 Å². The van der Waals surface area contributed by atoms with Gasteiger partial charge in [-0.15, -0.1) is 0 Å². The molecule has 0 aromatic carbocycles. The first kappa shape index (κ1) is 12.2. The zero-order valence-electron chi connectivity index (χ0n) is 10.6. The van der Waals surface area contributed by atoms with Crippen LogP contribution in [0.3, 0.4) is 0 Å². The summed E-state index contributed by atoms with van der Waals surface area (Å²) in [5.41, 5.74) is 2.46. The number of carbonyl (C=O) groups excluding carboxylic acids is 1. The third-order valence-corrected chi connectivity index (χ3v) is 3.01. The van der Waals surface area contributed by atoms with Crippen LogP contribution in [0, 0.1) is 11.3 Å². The first-order valence-electron chi connectivity index (χ1n) is 6.22. The van der Waals surface area contributed by atoms with Crippen LogP contribution in [-0.2, 0) is 11.3 Å². The number of nitrogens with zero attached hydrogens (tertiary/aromatic N) is 3. The fourth-order valence-electron chi connectivity index (χ4n) is 2.06. The van der Waals surface area contributed by atoms with Crippen molar-refractivity contribution in [3.05, 3.63) is 24.3 Å². The van der Waals surface area contributed by atoms with Crippen molar-refractivity contribution < 1.29 is 4.79 Å². The number of imidazole rings is 1. The van der Waals surface area contributed by atoms with E-state index in [9.17, 15) is 4.79 Å². The maximum absolute atomic E-state index is 11.4. The van der Waals surface area contributed by atoms with E-state index in [1.54, 1.807) is 6.20 Å². The van der Waals surface area contributed by atoms with Crippen molar-refractivity contribution in [1.29, 1.82) is 5.26 Å². The Morgan fingerprint density at radius 2 is 2.40 bits per heavy atom. The van der Waals surface area contributed by atoms with Gasteiger partial charge in [0.25, 0.3) is 0 Å². The number of carbonyl (C=O) groups is 1. The maximum atomic E-state index is 11.4. The van der Waals surface area contributed by atoms with Gasteiger partial charge in [0.05, 0.1) is 24.3 Å². The van der Waals surface area contributed by atoms with Gasteiger partial charge in [-0.2, -0.15) is 5.26 Å². The van der Waals surface area contributed by atoms with E-state index in [4.69, 9.17) is 5.26 Å². The van der Waals surface area contributed by atoms with Crippen molar-refractivity contribution in [3.8, 4) is 6.07 Å². The highest BCUT2D eigenvalue weighted by Crippen LogP contribution is 2.20. The van der Waals surface area contributed by atoms with Crippen molar-refractivity contribution >= 4 is 28.0 Å². The minimum absolute atomic E-state index is 0.156. The monoisotopic (exact) mass is 268 g/mol. The van der Waals surface area contributed by atoms with Gasteiger partial charge in [-0.25, -0.2) is 9.97 Å². The normalized spacial score (nSPS) is 10.8. The van der Waals surface area contributed by atoms with Crippen LogP contribution in [0.5, 0.6) is 0 Å². The van der Waals surface area contributed by atoms with E-state index < -0.39 is 0 Å². The van der Waals surface area contributed by atoms with Crippen LogP contribution in [-0.4, -0.2) is 25.8 Å². The van der Waals surface area contributed by atoms with Crippen LogP contribution in [0.25, 0.3) is 22.1 Å². The van der Waals surface area contributed by atoms with E-state index >= 15 is 0 Å². The fraction of sp³-hybridized carbons (Fsp3) is 0.231. The molecule has 0 radical (unpaired) electrons. The molecular formula is C13H12N6O. The summed E-state index contributed by atoms with van der Waals surface area (Å²) in [4.78, 5) is 26.3. The van der Waals surface area contributed by atoms with Crippen LogP contribution in [0.2, 0.25) is 0 Å². The van der Waals surface area contributed by atoms with Crippen LogP contribution < -0.4 is 5.32 Å². The summed E-state index contributed by atoms with van der Waals surface area (Å²) in [7, 11) is 0. The minimum Gasteiger partial charge on any atom is -0.349 e. The van der Waals surface area contributed by atoms with Gasteiger partial charge in [-0.3, -0.25) is 4.79 Å². The third-order valence-electron chi connectivity index (χ3n) is 3.01. The molecular weight excluding hydrogens is 256 g/mol. The molecule has 0 aliphatic heterocycles. The molecule has 0 aliphatic carbocycles. The number of H-pyrrole nitrogens is 2. The second-order valence-corrected chi connectivity index (χ2v) is 4.38. The number of amides is 1. The molecule has 100 valence electrons. The molecule has 0 atom stereocenters. The fourth-order valence-corrected chi connectivity index (χ4v) is 2.06. The van der Waals surface area contributed by atoms with Gasteiger partial charge in [-0.05, 0) is 6.07 Å². The molecule has 0 unspecified atom stereocenters. The Morgan fingerprint density at radius 1 is 1.50 bits per heavy atom. The summed E-state index contributed by atoms with van der Waals surface area (Å²) < 4.78 is 0. The molecule has 3 aromatic rings. The van der Waals surface area contributed by atoms with Crippen molar-refractivity contribution in [1.82, 2.24) is 25.3 Å². The molecule has 3 aromatic heterocycles. The van der Waals surface area contributed by atoms with Gasteiger partial charge in [0.1, 0.15) is 17.0 Å². The molecule has 7 nitrogen and oxygen atoms in total. The lowest BCUT2D eigenvalue weighted by atomic mass is 10.3. The number of nitriles is 1. The highest BCUT2D eigenvalue weighted by atomic mass is 16.1. The number of fused-ring (bicyclic) bond motifs is 3. The second kappa shape index (κ2) is 5.01. The Hall–Kier alpha value is -2.88. The van der Waals surface area contributed by atoms with Gasteiger partial charge >= 0.3 is 0 Å². The van der Waals surface area contributed by atoms with E-state index in [0.29, 0.717) is 12.4 Å². The molecule has 3 heterocycles. The molecule has 1 amide bonds. The van der Waals surface area contributed by atoms with Gasteiger partial charge in [-0.1, -0.05) is 0 Å². The van der Waals surface area contributed by atoms with Gasteiger partial charge in [0, 0.05) is 24.4 Å². The smallest absolute Gasteiger partial charge is 0.221 e. The summed E-state index contributed by atoms with van der Waals surface area (Å²) in [6, 6.07) is 3.87. The molecule has 0 bridgehead atoms. The standard InChI is InChI=1S/C13H12N6O/c14-4-1-2-11(20)16-7-10-18-9-6-17-13-8(3-5-15-13)12(9)19-10/h3,5-6H,1-2,7H2,(H,15,17)(H,16,20)(H,18,19). The lowest BCUT2D eigenvalue weighted by Crippen LogP contribution is -2.22. The summed E-state index contributed by atoms with van der Waals surface area (Å²) in [6.45, 7) is 0.310. The van der Waals surface area contributed by atoms with Crippen LogP contribution in [0.1, 0.15) is 18.7 Å². The molecule has 0 saturated carbocycles. The molecule has 7 heteroatoms. The topological polar surface area (TPSA) is 110 Å². The lowest BCUT2D eigenvalue weighted by Gasteiger charge is -1.99. The predicted molar refractivity (Wildman–Crippen MR) is 72.4 cm³/mol. The number of pyridine rings is 1. The summed E-state index contributed by atoms with van der Waals surface area (Å²) in [5, 5.41) is 12.1. The zero-order chi connectivity index (χ0) is 13.9. The number of aromatic nitrogens is 4. The number of aromatic amines is 2. The highest BCUT2D eigenvalue weighted by Gasteiger charge is 2.09. The largest absolute Gasteiger partial charge is 0.349 e. The SMILES string of the molecule is N#CCCC(=O)NCc1nc2cnc3[nH]ccc3c2[nH]1. The highest BCUT2D eigenvalue weighted by molar-refractivity contribution is 6.00. The van der Waals surface area contributed by atoms with Crippen molar-refractivity contribution in [2.75, 3.05) is 0 Å². The molecule has 0 aliphatic rings. The molecule has 3 N–H and O–H groups in total. The molecule has 20 heavy (non-hydrogen) atoms. The number of rotatable bonds is 4. The Kier molecular flexibility index (Phi) is 3.05. The lowest BCUT2D eigenvalue weighted by molar-refractivity contribution is -0.121. The first-order valence-corrected chi connectivity index (χ1v) is 6.22. The Morgan fingerprint density at radius 3 is 3.25 bits per heavy atom. The Labute approximate surface area is 114 Å². The van der Waals surface area contributed by atoms with Crippen LogP contribution in [0.15, 0.2) is 18.5 Å². The van der Waals surface area contributed by atoms with Crippen molar-refractivity contribution in [2.24, 2.45) is 0 Å². The van der Waals surface area contributed by atoms with Crippen molar-refractivity contribution in [3.63, 3.8) is 0 Å². The summed E-state index contributed by atoms with van der Waals surface area (Å²) >= 11 is 0. The molecule has 0 fully saturated rings. The Balaban J connectivity index is 1.79. The number of hydrogen-bond acceptors (Lipinski definition) is 4. The van der Waals surface area contributed by atoms with E-state index in [2.05, 4.69) is 25.3 Å². The summed E-state index contributed by atoms with van der Waals surface area (Å²) in [5.74, 6) is 0.512. The van der Waals surface area contributed by atoms with E-state index in [1.165, 1.54) is 0 Å².